The molecule has 0 aliphatic rings. The summed E-state index contributed by atoms with van der Waals surface area (Å²) in [6.45, 7) is 5.79. The molecule has 1 atom stereocenters. The maximum absolute atomic E-state index is 10.1. The first-order valence-corrected chi connectivity index (χ1v) is 7.82. The van der Waals surface area contributed by atoms with Crippen LogP contribution >= 0.6 is 15.9 Å². The first-order chi connectivity index (χ1) is 10.0. The molecule has 0 aliphatic carbocycles. The summed E-state index contributed by atoms with van der Waals surface area (Å²) in [5, 5.41) is 20.0. The zero-order valence-corrected chi connectivity index (χ0v) is 13.6. The molecular formula is C18H19BrO2. The van der Waals surface area contributed by atoms with E-state index in [1.165, 1.54) is 0 Å². The maximum atomic E-state index is 10.1. The molecular weight excluding hydrogens is 328 g/mol. The number of allylic oxidation sites excluding steroid dienone is 1. The number of hydrogen-bond donors (Lipinski definition) is 2. The van der Waals surface area contributed by atoms with Crippen molar-refractivity contribution in [1.29, 1.82) is 0 Å². The summed E-state index contributed by atoms with van der Waals surface area (Å²) in [6.07, 6.45) is 3.24. The fourth-order valence-corrected chi connectivity index (χ4v) is 2.71. The standard InChI is InChI=1S/C18H19BrO2/c1-3-4-15-11-14(6-8-17(15)20)16-10-13(9-12(2)19)5-7-18(16)21/h3,5-8,10-12,20-21H,1,4,9H2,2H3. The minimum absolute atomic E-state index is 0.246. The van der Waals surface area contributed by atoms with Gasteiger partial charge in [-0.3, -0.25) is 0 Å². The number of phenols is 2. The molecule has 0 aliphatic heterocycles. The Balaban J connectivity index is 2.45. The van der Waals surface area contributed by atoms with Crippen molar-refractivity contribution in [2.75, 3.05) is 0 Å². The van der Waals surface area contributed by atoms with Crippen molar-refractivity contribution in [2.24, 2.45) is 0 Å². The van der Waals surface area contributed by atoms with Gasteiger partial charge in [0.15, 0.2) is 0 Å². The Hall–Kier alpha value is -1.74. The average molecular weight is 347 g/mol. The van der Waals surface area contributed by atoms with Crippen LogP contribution in [-0.2, 0) is 12.8 Å². The second kappa shape index (κ2) is 6.81. The highest BCUT2D eigenvalue weighted by Gasteiger charge is 2.09. The van der Waals surface area contributed by atoms with Gasteiger partial charge in [0.1, 0.15) is 11.5 Å². The van der Waals surface area contributed by atoms with Crippen LogP contribution in [0.15, 0.2) is 49.1 Å². The monoisotopic (exact) mass is 346 g/mol. The minimum atomic E-state index is 0.246. The molecule has 0 amide bonds. The van der Waals surface area contributed by atoms with E-state index in [4.69, 9.17) is 0 Å². The largest absolute Gasteiger partial charge is 0.508 e. The normalized spacial score (nSPS) is 12.1. The number of alkyl halides is 1. The van der Waals surface area contributed by atoms with Crippen molar-refractivity contribution in [2.45, 2.75) is 24.6 Å². The van der Waals surface area contributed by atoms with E-state index in [1.807, 2.05) is 24.3 Å². The van der Waals surface area contributed by atoms with Crippen LogP contribution in [0.5, 0.6) is 11.5 Å². The molecule has 0 heterocycles. The molecule has 2 rings (SSSR count). The Kier molecular flexibility index (Phi) is 5.07. The predicted molar refractivity (Wildman–Crippen MR) is 91.2 cm³/mol. The molecule has 2 aromatic rings. The third-order valence-corrected chi connectivity index (χ3v) is 3.66. The zero-order valence-electron chi connectivity index (χ0n) is 12.0. The highest BCUT2D eigenvalue weighted by atomic mass is 79.9. The van der Waals surface area contributed by atoms with Crippen LogP contribution in [0, 0.1) is 0 Å². The summed E-state index contributed by atoms with van der Waals surface area (Å²) < 4.78 is 0. The van der Waals surface area contributed by atoms with Crippen LogP contribution in [0.2, 0.25) is 0 Å². The van der Waals surface area contributed by atoms with Crippen LogP contribution in [0.4, 0.5) is 0 Å². The summed E-state index contributed by atoms with van der Waals surface area (Å²) in [6, 6.07) is 11.0. The van der Waals surface area contributed by atoms with Gasteiger partial charge in [-0.25, -0.2) is 0 Å². The van der Waals surface area contributed by atoms with E-state index in [-0.39, 0.29) is 11.5 Å². The summed E-state index contributed by atoms with van der Waals surface area (Å²) in [5.41, 5.74) is 3.64. The Bertz CT molecular complexity index is 648. The van der Waals surface area contributed by atoms with Gasteiger partial charge in [0.05, 0.1) is 0 Å². The van der Waals surface area contributed by atoms with Crippen LogP contribution in [0.3, 0.4) is 0 Å². The first-order valence-electron chi connectivity index (χ1n) is 6.90. The van der Waals surface area contributed by atoms with Gasteiger partial charge >= 0.3 is 0 Å². The van der Waals surface area contributed by atoms with Crippen molar-refractivity contribution in [1.82, 2.24) is 0 Å². The molecule has 21 heavy (non-hydrogen) atoms. The van der Waals surface area contributed by atoms with Crippen LogP contribution in [0.25, 0.3) is 11.1 Å². The van der Waals surface area contributed by atoms with Gasteiger partial charge in [-0.05, 0) is 53.8 Å². The molecule has 1 unspecified atom stereocenters. The van der Waals surface area contributed by atoms with Crippen molar-refractivity contribution >= 4 is 15.9 Å². The van der Waals surface area contributed by atoms with E-state index in [2.05, 4.69) is 29.4 Å². The fraction of sp³-hybridized carbons (Fsp3) is 0.222. The molecule has 0 saturated heterocycles. The molecule has 2 nitrogen and oxygen atoms in total. The first kappa shape index (κ1) is 15.6. The lowest BCUT2D eigenvalue weighted by molar-refractivity contribution is 0.469. The quantitative estimate of drug-likeness (QED) is 0.601. The van der Waals surface area contributed by atoms with Crippen LogP contribution in [-0.4, -0.2) is 15.0 Å². The third-order valence-electron chi connectivity index (χ3n) is 3.33. The summed E-state index contributed by atoms with van der Waals surface area (Å²) in [4.78, 5) is 0.381. The SMILES string of the molecule is C=CCc1cc(-c2cc(CC(C)Br)ccc2O)ccc1O. The Labute approximate surface area is 133 Å². The maximum Gasteiger partial charge on any atom is 0.123 e. The van der Waals surface area contributed by atoms with Gasteiger partial charge in [0, 0.05) is 10.4 Å². The van der Waals surface area contributed by atoms with Crippen LogP contribution < -0.4 is 0 Å². The van der Waals surface area contributed by atoms with E-state index >= 15 is 0 Å². The van der Waals surface area contributed by atoms with Crippen molar-refractivity contribution in [3.05, 3.63) is 60.2 Å². The Morgan fingerprint density at radius 2 is 1.86 bits per heavy atom. The molecule has 0 saturated carbocycles. The number of hydrogen-bond acceptors (Lipinski definition) is 2. The molecule has 0 aromatic heterocycles. The molecule has 0 fully saturated rings. The zero-order chi connectivity index (χ0) is 15.4. The van der Waals surface area contributed by atoms with E-state index in [9.17, 15) is 10.2 Å². The lowest BCUT2D eigenvalue weighted by Crippen LogP contribution is -1.96. The molecule has 0 radical (unpaired) electrons. The van der Waals surface area contributed by atoms with Gasteiger partial charge in [0.25, 0.3) is 0 Å². The van der Waals surface area contributed by atoms with Gasteiger partial charge in [-0.2, -0.15) is 0 Å². The van der Waals surface area contributed by atoms with Gasteiger partial charge in [-0.1, -0.05) is 41.1 Å². The molecule has 0 spiro atoms. The predicted octanol–water partition coefficient (Wildman–Crippen LogP) is 4.82. The highest BCUT2D eigenvalue weighted by molar-refractivity contribution is 9.09. The lowest BCUT2D eigenvalue weighted by Gasteiger charge is -2.11. The Morgan fingerprint density at radius 1 is 1.14 bits per heavy atom. The second-order valence-electron chi connectivity index (χ2n) is 5.17. The van der Waals surface area contributed by atoms with Crippen molar-refractivity contribution in [3.63, 3.8) is 0 Å². The van der Waals surface area contributed by atoms with Gasteiger partial charge in [-0.15, -0.1) is 6.58 Å². The summed E-state index contributed by atoms with van der Waals surface area (Å²) in [5.74, 6) is 0.500. The minimum Gasteiger partial charge on any atom is -0.508 e. The molecule has 110 valence electrons. The van der Waals surface area contributed by atoms with E-state index in [0.29, 0.717) is 11.2 Å². The molecule has 3 heteroatoms. The smallest absolute Gasteiger partial charge is 0.123 e. The van der Waals surface area contributed by atoms with Crippen molar-refractivity contribution < 1.29 is 10.2 Å². The van der Waals surface area contributed by atoms with Gasteiger partial charge < -0.3 is 10.2 Å². The van der Waals surface area contributed by atoms with E-state index < -0.39 is 0 Å². The number of benzene rings is 2. The van der Waals surface area contributed by atoms with E-state index in [0.717, 1.165) is 28.7 Å². The van der Waals surface area contributed by atoms with Crippen LogP contribution in [0.1, 0.15) is 18.1 Å². The molecule has 0 bridgehead atoms. The number of aromatic hydroxyl groups is 2. The highest BCUT2D eigenvalue weighted by Crippen LogP contribution is 2.33. The fourth-order valence-electron chi connectivity index (χ4n) is 2.34. The summed E-state index contributed by atoms with van der Waals surface area (Å²) in [7, 11) is 0. The Morgan fingerprint density at radius 3 is 2.52 bits per heavy atom. The lowest BCUT2D eigenvalue weighted by atomic mass is 9.97. The van der Waals surface area contributed by atoms with Crippen molar-refractivity contribution in [3.8, 4) is 22.6 Å². The van der Waals surface area contributed by atoms with E-state index in [1.54, 1.807) is 18.2 Å². The topological polar surface area (TPSA) is 40.5 Å². The molecule has 2 N–H and O–H groups in total. The summed E-state index contributed by atoms with van der Waals surface area (Å²) >= 11 is 3.55. The van der Waals surface area contributed by atoms with Gasteiger partial charge in [0.2, 0.25) is 0 Å². The average Bonchev–Trinajstić information content (AvgIpc) is 2.43. The number of halogens is 1. The number of phenolic OH excluding ortho intramolecular Hbond substituents is 2. The third kappa shape index (κ3) is 3.88. The number of rotatable bonds is 5. The molecule has 2 aromatic carbocycles. The second-order valence-corrected chi connectivity index (χ2v) is 6.74.